The quantitative estimate of drug-likeness (QED) is 0.748. The zero-order valence-corrected chi connectivity index (χ0v) is 12.5. The number of nitrogens with one attached hydrogen (secondary N) is 2. The molecule has 6 nitrogen and oxygen atoms in total. The summed E-state index contributed by atoms with van der Waals surface area (Å²) in [5.41, 5.74) is 1.12. The molecule has 3 aromatic heterocycles. The SMILES string of the molecule is O=C(CNC(=O)c1cc2ccccn2n1)NCc1cccs1. The first-order chi connectivity index (χ1) is 10.7. The van der Waals surface area contributed by atoms with E-state index in [1.165, 1.54) is 0 Å². The number of hydrogen-bond donors (Lipinski definition) is 2. The molecule has 0 aliphatic rings. The van der Waals surface area contributed by atoms with Gasteiger partial charge in [-0.05, 0) is 29.6 Å². The van der Waals surface area contributed by atoms with Gasteiger partial charge in [0.2, 0.25) is 5.91 Å². The molecule has 0 unspecified atom stereocenters. The van der Waals surface area contributed by atoms with Crippen molar-refractivity contribution in [3.63, 3.8) is 0 Å². The van der Waals surface area contributed by atoms with Crippen LogP contribution in [0.5, 0.6) is 0 Å². The van der Waals surface area contributed by atoms with Gasteiger partial charge < -0.3 is 10.6 Å². The highest BCUT2D eigenvalue weighted by molar-refractivity contribution is 7.09. The van der Waals surface area contributed by atoms with Crippen molar-refractivity contribution in [1.82, 2.24) is 20.2 Å². The fourth-order valence-electron chi connectivity index (χ4n) is 1.96. The normalized spacial score (nSPS) is 10.5. The Balaban J connectivity index is 1.52. The summed E-state index contributed by atoms with van der Waals surface area (Å²) in [5, 5.41) is 11.4. The summed E-state index contributed by atoms with van der Waals surface area (Å²) in [7, 11) is 0. The standard InChI is InChI=1S/C15H14N4O2S/c20-14(16-9-12-5-3-7-22-12)10-17-15(21)13-8-11-4-1-2-6-19(11)18-13/h1-8H,9-10H2,(H,16,20)(H,17,21). The summed E-state index contributed by atoms with van der Waals surface area (Å²) in [6, 6.07) is 11.1. The van der Waals surface area contributed by atoms with Gasteiger partial charge in [0.05, 0.1) is 18.6 Å². The average Bonchev–Trinajstić information content (AvgIpc) is 3.19. The topological polar surface area (TPSA) is 75.5 Å². The number of nitrogens with zero attached hydrogens (tertiary/aromatic N) is 2. The Morgan fingerprint density at radius 2 is 2.09 bits per heavy atom. The first-order valence-electron chi connectivity index (χ1n) is 6.74. The molecule has 0 aliphatic carbocycles. The molecule has 2 amide bonds. The summed E-state index contributed by atoms with van der Waals surface area (Å²) in [6.07, 6.45) is 1.76. The van der Waals surface area contributed by atoms with Gasteiger partial charge in [0.25, 0.3) is 5.91 Å². The van der Waals surface area contributed by atoms with Crippen LogP contribution in [0.1, 0.15) is 15.4 Å². The fourth-order valence-corrected chi connectivity index (χ4v) is 2.61. The lowest BCUT2D eigenvalue weighted by Gasteiger charge is -2.04. The van der Waals surface area contributed by atoms with Gasteiger partial charge in [-0.1, -0.05) is 12.1 Å². The summed E-state index contributed by atoms with van der Waals surface area (Å²) in [6.45, 7) is 0.402. The lowest BCUT2D eigenvalue weighted by atomic mass is 10.3. The van der Waals surface area contributed by atoms with Crippen LogP contribution in [0.4, 0.5) is 0 Å². The van der Waals surface area contributed by atoms with Crippen molar-refractivity contribution in [3.05, 3.63) is 58.5 Å². The minimum Gasteiger partial charge on any atom is -0.350 e. The van der Waals surface area contributed by atoms with Crippen molar-refractivity contribution in [2.24, 2.45) is 0 Å². The number of pyridine rings is 1. The Morgan fingerprint density at radius 3 is 2.86 bits per heavy atom. The van der Waals surface area contributed by atoms with Crippen LogP contribution in [0.2, 0.25) is 0 Å². The Labute approximate surface area is 130 Å². The molecule has 0 saturated heterocycles. The third kappa shape index (κ3) is 3.32. The Kier molecular flexibility index (Phi) is 4.15. The van der Waals surface area contributed by atoms with Crippen molar-refractivity contribution >= 4 is 28.7 Å². The number of carbonyl (C=O) groups is 2. The van der Waals surface area contributed by atoms with Gasteiger partial charge in [0.15, 0.2) is 5.69 Å². The minimum absolute atomic E-state index is 0.0713. The van der Waals surface area contributed by atoms with Crippen molar-refractivity contribution in [3.8, 4) is 0 Å². The van der Waals surface area contributed by atoms with E-state index < -0.39 is 0 Å². The molecule has 3 aromatic rings. The molecule has 0 radical (unpaired) electrons. The van der Waals surface area contributed by atoms with E-state index in [-0.39, 0.29) is 24.1 Å². The van der Waals surface area contributed by atoms with E-state index in [0.717, 1.165) is 10.4 Å². The van der Waals surface area contributed by atoms with Crippen molar-refractivity contribution in [2.45, 2.75) is 6.54 Å². The largest absolute Gasteiger partial charge is 0.350 e. The molecule has 0 atom stereocenters. The molecule has 0 aromatic carbocycles. The maximum atomic E-state index is 12.0. The molecule has 22 heavy (non-hydrogen) atoms. The van der Waals surface area contributed by atoms with Gasteiger partial charge in [-0.15, -0.1) is 11.3 Å². The van der Waals surface area contributed by atoms with Crippen molar-refractivity contribution < 1.29 is 9.59 Å². The average molecular weight is 314 g/mol. The molecule has 0 bridgehead atoms. The molecule has 0 spiro atoms. The molecular weight excluding hydrogens is 300 g/mol. The van der Waals surface area contributed by atoms with Crippen LogP contribution in [0.15, 0.2) is 48.0 Å². The molecule has 0 aliphatic heterocycles. The molecule has 0 fully saturated rings. The first kappa shape index (κ1) is 14.3. The lowest BCUT2D eigenvalue weighted by molar-refractivity contribution is -0.120. The van der Waals surface area contributed by atoms with Gasteiger partial charge >= 0.3 is 0 Å². The van der Waals surface area contributed by atoms with E-state index in [4.69, 9.17) is 0 Å². The summed E-state index contributed by atoms with van der Waals surface area (Å²) in [4.78, 5) is 24.8. The van der Waals surface area contributed by atoms with Gasteiger partial charge in [-0.3, -0.25) is 9.59 Å². The number of rotatable bonds is 5. The third-order valence-corrected chi connectivity index (χ3v) is 3.93. The van der Waals surface area contributed by atoms with E-state index in [1.54, 1.807) is 28.1 Å². The number of aromatic nitrogens is 2. The van der Waals surface area contributed by atoms with E-state index in [1.807, 2.05) is 35.7 Å². The zero-order chi connectivity index (χ0) is 15.4. The second-order valence-corrected chi connectivity index (χ2v) is 5.67. The minimum atomic E-state index is -0.366. The van der Waals surface area contributed by atoms with Gasteiger partial charge in [0.1, 0.15) is 0 Å². The zero-order valence-electron chi connectivity index (χ0n) is 11.7. The Hall–Kier alpha value is -2.67. The second-order valence-electron chi connectivity index (χ2n) is 4.64. The van der Waals surface area contributed by atoms with Crippen LogP contribution < -0.4 is 10.6 Å². The predicted molar refractivity (Wildman–Crippen MR) is 83.7 cm³/mol. The Bertz CT molecular complexity index is 762. The van der Waals surface area contributed by atoms with Gasteiger partial charge in [0, 0.05) is 11.1 Å². The van der Waals surface area contributed by atoms with E-state index >= 15 is 0 Å². The highest BCUT2D eigenvalue weighted by Gasteiger charge is 2.11. The second kappa shape index (κ2) is 6.40. The van der Waals surface area contributed by atoms with E-state index in [2.05, 4.69) is 15.7 Å². The predicted octanol–water partition coefficient (Wildman–Crippen LogP) is 1.44. The fraction of sp³-hybridized carbons (Fsp3) is 0.133. The molecule has 0 saturated carbocycles. The number of fused-ring (bicyclic) bond motifs is 1. The van der Waals surface area contributed by atoms with Gasteiger partial charge in [-0.2, -0.15) is 5.10 Å². The van der Waals surface area contributed by atoms with E-state index in [0.29, 0.717) is 6.54 Å². The van der Waals surface area contributed by atoms with Crippen LogP contribution >= 0.6 is 11.3 Å². The van der Waals surface area contributed by atoms with Crippen LogP contribution in [-0.2, 0) is 11.3 Å². The molecule has 3 rings (SSSR count). The van der Waals surface area contributed by atoms with Crippen LogP contribution in [-0.4, -0.2) is 28.0 Å². The molecule has 3 heterocycles. The van der Waals surface area contributed by atoms with Crippen LogP contribution in [0.3, 0.4) is 0 Å². The maximum absolute atomic E-state index is 12.0. The monoisotopic (exact) mass is 314 g/mol. The number of amides is 2. The number of hydrogen-bond acceptors (Lipinski definition) is 4. The Morgan fingerprint density at radius 1 is 1.18 bits per heavy atom. The first-order valence-corrected chi connectivity index (χ1v) is 7.62. The van der Waals surface area contributed by atoms with Gasteiger partial charge in [-0.25, -0.2) is 4.52 Å². The van der Waals surface area contributed by atoms with Crippen LogP contribution in [0.25, 0.3) is 5.52 Å². The highest BCUT2D eigenvalue weighted by atomic mass is 32.1. The van der Waals surface area contributed by atoms with Crippen LogP contribution in [0, 0.1) is 0 Å². The summed E-state index contributed by atoms with van der Waals surface area (Å²) in [5.74, 6) is -0.597. The maximum Gasteiger partial charge on any atom is 0.272 e. The summed E-state index contributed by atoms with van der Waals surface area (Å²) >= 11 is 1.57. The summed E-state index contributed by atoms with van der Waals surface area (Å²) < 4.78 is 1.62. The van der Waals surface area contributed by atoms with E-state index in [9.17, 15) is 9.59 Å². The number of carbonyl (C=O) groups excluding carboxylic acids is 2. The molecule has 2 N–H and O–H groups in total. The molecule has 7 heteroatoms. The highest BCUT2D eigenvalue weighted by Crippen LogP contribution is 2.07. The van der Waals surface area contributed by atoms with Crippen molar-refractivity contribution in [2.75, 3.05) is 6.54 Å². The third-order valence-electron chi connectivity index (χ3n) is 3.05. The smallest absolute Gasteiger partial charge is 0.272 e. The number of thiophene rings is 1. The van der Waals surface area contributed by atoms with Crippen molar-refractivity contribution in [1.29, 1.82) is 0 Å². The molecular formula is C15H14N4O2S. The molecule has 112 valence electrons. The lowest BCUT2D eigenvalue weighted by Crippen LogP contribution is -2.36.